The number of aromatic nitrogens is 6. The van der Waals surface area contributed by atoms with Gasteiger partial charge in [-0.05, 0) is 97.5 Å². The summed E-state index contributed by atoms with van der Waals surface area (Å²) in [5.74, 6) is 0.299. The molecule has 0 saturated carbocycles. The molecule has 4 heterocycles. The molecule has 8 aromatic rings. The Labute approximate surface area is 448 Å². The summed E-state index contributed by atoms with van der Waals surface area (Å²) < 4.78 is 28.7. The van der Waals surface area contributed by atoms with E-state index in [9.17, 15) is 30.0 Å². The molecule has 0 radical (unpaired) electrons. The SMILES string of the molecule is Cc1c(COc2cc(OCc3ccc(-n4cccn4)nc3)c(CNC(C)(CO)C(=O)O)cc2Cl)cccc1-c1cccc(COc2cc(OCc3ccc(-n4cccn4)nc3)c(CNC(C)(CO)C(=O)O)cc2Cl)c1C. The number of nitrogens with zero attached hydrogens (tertiary/aromatic N) is 6. The maximum atomic E-state index is 12.0. The first-order valence-electron chi connectivity index (χ1n) is 24.0. The number of ether oxygens (including phenoxy) is 4. The number of pyridine rings is 2. The molecule has 20 heteroatoms. The van der Waals surface area contributed by atoms with Gasteiger partial charge in [-0.1, -0.05) is 71.7 Å². The van der Waals surface area contributed by atoms with Crippen LogP contribution < -0.4 is 29.6 Å². The molecule has 6 N–H and O–H groups in total. The summed E-state index contributed by atoms with van der Waals surface area (Å²) in [5.41, 5.74) is 5.07. The average molecular weight is 1070 g/mol. The summed E-state index contributed by atoms with van der Waals surface area (Å²) >= 11 is 13.7. The molecule has 76 heavy (non-hydrogen) atoms. The van der Waals surface area contributed by atoms with E-state index < -0.39 is 36.2 Å². The molecule has 0 aliphatic rings. The van der Waals surface area contributed by atoms with Crippen LogP contribution in [-0.2, 0) is 49.1 Å². The minimum absolute atomic E-state index is 0.0103. The minimum Gasteiger partial charge on any atom is -0.488 e. The summed E-state index contributed by atoms with van der Waals surface area (Å²) in [4.78, 5) is 33.0. The number of aliphatic hydroxyl groups excluding tert-OH is 2. The maximum absolute atomic E-state index is 12.0. The molecule has 2 unspecified atom stereocenters. The predicted molar refractivity (Wildman–Crippen MR) is 284 cm³/mol. The van der Waals surface area contributed by atoms with Crippen LogP contribution in [0.1, 0.15) is 58.4 Å². The fourth-order valence-electron chi connectivity index (χ4n) is 7.88. The molecule has 394 valence electrons. The van der Waals surface area contributed by atoms with Crippen molar-refractivity contribution in [2.45, 2.75) is 78.3 Å². The van der Waals surface area contributed by atoms with E-state index in [2.05, 4.69) is 30.8 Å². The number of carboxylic acid groups (broad SMARTS) is 2. The van der Waals surface area contributed by atoms with Crippen molar-refractivity contribution in [3.8, 4) is 45.8 Å². The third-order valence-electron chi connectivity index (χ3n) is 13.0. The Morgan fingerprint density at radius 1 is 0.553 bits per heavy atom. The first kappa shape index (κ1) is 54.4. The van der Waals surface area contributed by atoms with Crippen LogP contribution >= 0.6 is 23.2 Å². The van der Waals surface area contributed by atoms with Crippen LogP contribution in [0.15, 0.2) is 134 Å². The van der Waals surface area contributed by atoms with E-state index in [0.29, 0.717) is 45.8 Å². The molecule has 0 saturated heterocycles. The summed E-state index contributed by atoms with van der Waals surface area (Å²) in [7, 11) is 0. The molecule has 0 fully saturated rings. The Morgan fingerprint density at radius 2 is 0.961 bits per heavy atom. The van der Waals surface area contributed by atoms with Gasteiger partial charge in [0.1, 0.15) is 60.5 Å². The molecule has 4 aromatic carbocycles. The van der Waals surface area contributed by atoms with Gasteiger partial charge in [0.2, 0.25) is 0 Å². The van der Waals surface area contributed by atoms with Gasteiger partial charge < -0.3 is 39.4 Å². The third-order valence-corrected chi connectivity index (χ3v) is 13.6. The summed E-state index contributed by atoms with van der Waals surface area (Å²) in [6.45, 7) is 6.10. The molecule has 0 bridgehead atoms. The average Bonchev–Trinajstić information content (AvgIpc) is 4.18. The minimum atomic E-state index is -1.62. The van der Waals surface area contributed by atoms with Crippen LogP contribution in [0.5, 0.6) is 23.0 Å². The van der Waals surface area contributed by atoms with Crippen LogP contribution in [0.2, 0.25) is 10.0 Å². The topological polar surface area (TPSA) is 237 Å². The number of benzene rings is 4. The van der Waals surface area contributed by atoms with E-state index in [4.69, 9.17) is 42.1 Å². The van der Waals surface area contributed by atoms with Gasteiger partial charge in [0, 0.05) is 84.7 Å². The van der Waals surface area contributed by atoms with Gasteiger partial charge in [-0.15, -0.1) is 0 Å². The maximum Gasteiger partial charge on any atom is 0.326 e. The van der Waals surface area contributed by atoms with E-state index >= 15 is 0 Å². The highest BCUT2D eigenvalue weighted by Crippen LogP contribution is 2.38. The Balaban J connectivity index is 0.988. The van der Waals surface area contributed by atoms with Crippen molar-refractivity contribution in [2.75, 3.05) is 13.2 Å². The quantitative estimate of drug-likeness (QED) is 0.0314. The summed E-state index contributed by atoms with van der Waals surface area (Å²) in [6, 6.07) is 29.6. The fourth-order valence-corrected chi connectivity index (χ4v) is 8.36. The number of hydrogen-bond donors (Lipinski definition) is 6. The van der Waals surface area contributed by atoms with Crippen molar-refractivity contribution in [3.05, 3.63) is 189 Å². The van der Waals surface area contributed by atoms with Crippen molar-refractivity contribution >= 4 is 35.1 Å². The number of halogens is 2. The van der Waals surface area contributed by atoms with Crippen molar-refractivity contribution in [1.29, 1.82) is 0 Å². The van der Waals surface area contributed by atoms with Crippen molar-refractivity contribution in [2.24, 2.45) is 0 Å². The van der Waals surface area contributed by atoms with Gasteiger partial charge in [0.25, 0.3) is 0 Å². The second kappa shape index (κ2) is 24.2. The van der Waals surface area contributed by atoms with E-state index in [1.807, 2.05) is 74.5 Å². The zero-order valence-corrected chi connectivity index (χ0v) is 43.5. The van der Waals surface area contributed by atoms with Gasteiger partial charge in [0.15, 0.2) is 11.6 Å². The molecule has 0 aliphatic heterocycles. The Morgan fingerprint density at radius 3 is 1.30 bits per heavy atom. The predicted octanol–water partition coefficient (Wildman–Crippen LogP) is 8.61. The second-order valence-corrected chi connectivity index (χ2v) is 19.2. The molecule has 0 spiro atoms. The molecule has 2 atom stereocenters. The number of hydrogen-bond acceptors (Lipinski definition) is 14. The zero-order valence-electron chi connectivity index (χ0n) is 42.0. The monoisotopic (exact) mass is 1070 g/mol. The van der Waals surface area contributed by atoms with Gasteiger partial charge in [0.05, 0.1) is 23.3 Å². The van der Waals surface area contributed by atoms with Crippen LogP contribution in [0.4, 0.5) is 0 Å². The second-order valence-electron chi connectivity index (χ2n) is 18.4. The van der Waals surface area contributed by atoms with Gasteiger partial charge >= 0.3 is 11.9 Å². The van der Waals surface area contributed by atoms with Crippen LogP contribution in [-0.4, -0.2) is 86.2 Å². The number of carbonyl (C=O) groups is 2. The Hall–Kier alpha value is -7.84. The Bertz CT molecular complexity index is 3070. The largest absolute Gasteiger partial charge is 0.488 e. The lowest BCUT2D eigenvalue weighted by Crippen LogP contribution is -2.52. The van der Waals surface area contributed by atoms with Crippen LogP contribution in [0.25, 0.3) is 22.8 Å². The van der Waals surface area contributed by atoms with Gasteiger partial charge in [-0.3, -0.25) is 20.2 Å². The third kappa shape index (κ3) is 12.8. The molecule has 0 aliphatic carbocycles. The lowest BCUT2D eigenvalue weighted by atomic mass is 9.92. The van der Waals surface area contributed by atoms with Crippen molar-refractivity contribution < 1.29 is 49.0 Å². The van der Waals surface area contributed by atoms with Crippen LogP contribution in [0, 0.1) is 13.8 Å². The smallest absolute Gasteiger partial charge is 0.326 e. The summed E-state index contributed by atoms with van der Waals surface area (Å²) in [6.07, 6.45) is 10.3. The molecule has 4 aromatic heterocycles. The normalized spacial score (nSPS) is 12.9. The number of aliphatic carboxylic acids is 2. The number of aliphatic hydroxyl groups is 2. The zero-order chi connectivity index (χ0) is 54.0. The molecule has 8 rings (SSSR count). The number of rotatable bonds is 25. The lowest BCUT2D eigenvalue weighted by Gasteiger charge is -2.25. The Kier molecular flexibility index (Phi) is 17.3. The van der Waals surface area contributed by atoms with E-state index in [-0.39, 0.29) is 49.6 Å². The van der Waals surface area contributed by atoms with Gasteiger partial charge in [-0.2, -0.15) is 10.2 Å². The molecule has 0 amide bonds. The standard InChI is InChI=1S/C56H56Cl2N8O10/c1-35-39(31-75-49-23-47(41(21-45(49)57)27-61-55(3,33-67)53(69)70)73-29-37-13-15-51(59-25-37)65-19-7-17-63-65)9-5-11-43(35)44-12-6-10-40(36(44)2)32-76-50-24-48(42(22-46(50)58)28-62-56(4,34-68)54(71)72)74-30-38-14-16-52(60-26-38)66-20-8-18-64-66/h5-26,61-62,67-68H,27-34H2,1-4H3,(H,69,70)(H,71,72). The number of nitrogens with one attached hydrogen (secondary N) is 2. The number of carboxylic acids is 2. The van der Waals surface area contributed by atoms with E-state index in [0.717, 1.165) is 44.5 Å². The van der Waals surface area contributed by atoms with Crippen molar-refractivity contribution in [3.63, 3.8) is 0 Å². The highest BCUT2D eigenvalue weighted by atomic mass is 35.5. The highest BCUT2D eigenvalue weighted by molar-refractivity contribution is 6.32. The molecular weight excluding hydrogens is 1020 g/mol. The first-order chi connectivity index (χ1) is 36.6. The summed E-state index contributed by atoms with van der Waals surface area (Å²) in [5, 5.41) is 54.2. The lowest BCUT2D eigenvalue weighted by molar-refractivity contribution is -0.146. The van der Waals surface area contributed by atoms with E-state index in [1.54, 1.807) is 82.9 Å². The van der Waals surface area contributed by atoms with Crippen molar-refractivity contribution in [1.82, 2.24) is 40.2 Å². The molecular formula is C56H56Cl2N8O10. The van der Waals surface area contributed by atoms with Crippen LogP contribution in [0.3, 0.4) is 0 Å². The van der Waals surface area contributed by atoms with Gasteiger partial charge in [-0.25, -0.2) is 19.3 Å². The van der Waals surface area contributed by atoms with E-state index in [1.165, 1.54) is 13.8 Å². The highest BCUT2D eigenvalue weighted by Gasteiger charge is 2.33. The molecule has 18 nitrogen and oxygen atoms in total. The fraction of sp³-hybridized carbons (Fsp3) is 0.250. The first-order valence-corrected chi connectivity index (χ1v) is 24.8.